The maximum atomic E-state index is 12.0. The number of hydrogen-bond acceptors (Lipinski definition) is 7. The summed E-state index contributed by atoms with van der Waals surface area (Å²) in [6.07, 6.45) is 5.57. The Labute approximate surface area is 174 Å². The third-order valence-electron chi connectivity index (χ3n) is 4.98. The molecule has 2 amide bonds. The molecule has 9 heteroatoms. The third-order valence-corrected chi connectivity index (χ3v) is 4.98. The zero-order valence-electron chi connectivity index (χ0n) is 16.8. The minimum atomic E-state index is -0.496. The number of fused-ring (bicyclic) bond motifs is 1. The molecular formula is C21H23N5O4. The predicted molar refractivity (Wildman–Crippen MR) is 110 cm³/mol. The van der Waals surface area contributed by atoms with Gasteiger partial charge in [-0.15, -0.1) is 0 Å². The summed E-state index contributed by atoms with van der Waals surface area (Å²) in [6, 6.07) is 5.41. The van der Waals surface area contributed by atoms with E-state index in [2.05, 4.69) is 26.7 Å². The van der Waals surface area contributed by atoms with Gasteiger partial charge in [-0.1, -0.05) is 19.1 Å². The number of amides is 2. The minimum Gasteiger partial charge on any atom is -0.463 e. The minimum absolute atomic E-state index is 0.151. The van der Waals surface area contributed by atoms with Crippen LogP contribution < -0.4 is 15.4 Å². The number of nitrogens with one attached hydrogen (secondary N) is 2. The molecule has 9 nitrogen and oxygen atoms in total. The van der Waals surface area contributed by atoms with Crippen LogP contribution in [0.15, 0.2) is 36.7 Å². The average molecular weight is 409 g/mol. The lowest BCUT2D eigenvalue weighted by Crippen LogP contribution is -2.37. The van der Waals surface area contributed by atoms with Crippen LogP contribution >= 0.6 is 0 Å². The van der Waals surface area contributed by atoms with E-state index in [1.165, 1.54) is 0 Å². The third kappa shape index (κ3) is 4.17. The van der Waals surface area contributed by atoms with Gasteiger partial charge in [-0.2, -0.15) is 5.06 Å². The topological polar surface area (TPSA) is 106 Å². The number of rotatable bonds is 5. The van der Waals surface area contributed by atoms with E-state index in [4.69, 9.17) is 9.57 Å². The molecule has 2 aliphatic rings. The Morgan fingerprint density at radius 3 is 2.87 bits per heavy atom. The van der Waals surface area contributed by atoms with Gasteiger partial charge in [0.1, 0.15) is 11.4 Å². The van der Waals surface area contributed by atoms with Gasteiger partial charge in [-0.3, -0.25) is 19.4 Å². The van der Waals surface area contributed by atoms with Gasteiger partial charge < -0.3 is 15.4 Å². The van der Waals surface area contributed by atoms with Crippen LogP contribution in [0.1, 0.15) is 35.0 Å². The van der Waals surface area contributed by atoms with E-state index in [-0.39, 0.29) is 11.8 Å². The fourth-order valence-corrected chi connectivity index (χ4v) is 3.28. The van der Waals surface area contributed by atoms with E-state index in [0.29, 0.717) is 43.4 Å². The second-order valence-corrected chi connectivity index (χ2v) is 7.04. The number of carbonyl (C=O) groups excluding carboxylic acids is 2. The zero-order valence-corrected chi connectivity index (χ0v) is 16.8. The highest BCUT2D eigenvalue weighted by Crippen LogP contribution is 2.29. The Morgan fingerprint density at radius 2 is 2.20 bits per heavy atom. The van der Waals surface area contributed by atoms with Gasteiger partial charge in [-0.25, -0.2) is 4.98 Å². The first kappa shape index (κ1) is 20.0. The number of aromatic nitrogens is 2. The van der Waals surface area contributed by atoms with Crippen LogP contribution in [0.2, 0.25) is 0 Å². The summed E-state index contributed by atoms with van der Waals surface area (Å²) in [4.78, 5) is 38.0. The number of hydrogen-bond donors (Lipinski definition) is 2. The van der Waals surface area contributed by atoms with Gasteiger partial charge in [-0.05, 0) is 35.3 Å². The summed E-state index contributed by atoms with van der Waals surface area (Å²) in [6.45, 7) is 3.40. The lowest BCUT2D eigenvalue weighted by atomic mass is 10.1. The Morgan fingerprint density at radius 1 is 1.33 bits per heavy atom. The molecule has 1 unspecified atom stereocenters. The molecule has 2 aromatic rings. The van der Waals surface area contributed by atoms with Crippen molar-refractivity contribution in [3.8, 4) is 5.88 Å². The molecule has 4 rings (SSSR count). The Balaban J connectivity index is 1.39. The molecule has 0 saturated heterocycles. The molecule has 0 aliphatic carbocycles. The smallest absolute Gasteiger partial charge is 0.269 e. The van der Waals surface area contributed by atoms with Crippen LogP contribution in [0.5, 0.6) is 5.88 Å². The Bertz CT molecular complexity index is 989. The number of nitrogens with zero attached hydrogens (tertiary/aromatic N) is 3. The number of hydroxylamine groups is 2. The molecule has 0 radical (unpaired) electrons. The van der Waals surface area contributed by atoms with Crippen molar-refractivity contribution in [1.29, 1.82) is 0 Å². The Kier molecular flexibility index (Phi) is 5.73. The van der Waals surface area contributed by atoms with Gasteiger partial charge >= 0.3 is 0 Å². The van der Waals surface area contributed by atoms with Crippen LogP contribution in [0.4, 0.5) is 5.69 Å². The molecule has 0 bridgehead atoms. The first-order valence-corrected chi connectivity index (χ1v) is 9.79. The number of ether oxygens (including phenoxy) is 1. The van der Waals surface area contributed by atoms with Gasteiger partial charge in [0, 0.05) is 26.0 Å². The van der Waals surface area contributed by atoms with Gasteiger partial charge in [0.15, 0.2) is 6.10 Å². The molecule has 1 atom stereocenters. The average Bonchev–Trinajstić information content (AvgIpc) is 2.78. The highest BCUT2D eigenvalue weighted by Gasteiger charge is 2.27. The predicted octanol–water partition coefficient (Wildman–Crippen LogP) is 1.78. The van der Waals surface area contributed by atoms with Crippen LogP contribution in [0.3, 0.4) is 0 Å². The number of anilines is 1. The molecule has 2 N–H and O–H groups in total. The van der Waals surface area contributed by atoms with Crippen molar-refractivity contribution in [3.05, 3.63) is 53.5 Å². The fourth-order valence-electron chi connectivity index (χ4n) is 3.28. The van der Waals surface area contributed by atoms with Crippen molar-refractivity contribution in [2.24, 2.45) is 0 Å². The molecule has 0 spiro atoms. The molecule has 0 aromatic carbocycles. The Hall–Kier alpha value is -3.30. The van der Waals surface area contributed by atoms with Gasteiger partial charge in [0.05, 0.1) is 13.2 Å². The van der Waals surface area contributed by atoms with Gasteiger partial charge in [0.2, 0.25) is 5.88 Å². The van der Waals surface area contributed by atoms with Crippen molar-refractivity contribution < 1.29 is 19.2 Å². The summed E-state index contributed by atoms with van der Waals surface area (Å²) in [7, 11) is 1.57. The maximum absolute atomic E-state index is 12.0. The molecule has 156 valence electrons. The summed E-state index contributed by atoms with van der Waals surface area (Å²) < 4.78 is 5.62. The van der Waals surface area contributed by atoms with Crippen molar-refractivity contribution in [2.45, 2.75) is 26.0 Å². The molecule has 4 heterocycles. The zero-order chi connectivity index (χ0) is 21.1. The van der Waals surface area contributed by atoms with Crippen LogP contribution in [0, 0.1) is 0 Å². The summed E-state index contributed by atoms with van der Waals surface area (Å²) in [5.41, 5.74) is 3.79. The van der Waals surface area contributed by atoms with Crippen molar-refractivity contribution in [2.75, 3.05) is 25.5 Å². The standard InChI is InChI=1S/C21H23N5O4/c1-3-18-20(28)25-17-8-13(9-24-21(17)30-18)11-26-7-6-15(12-29-26)14-4-5-16(23-10-14)19(27)22-2/h4-6,8-10,18H,3,7,11-12H2,1-2H3,(H,22,27)(H,25,28). The normalized spacial score (nSPS) is 18.7. The van der Waals surface area contributed by atoms with Gasteiger partial charge in [0.25, 0.3) is 11.8 Å². The molecule has 0 fully saturated rings. The molecular weight excluding hydrogens is 386 g/mol. The monoisotopic (exact) mass is 409 g/mol. The fraction of sp³-hybridized carbons (Fsp3) is 0.333. The molecule has 2 aliphatic heterocycles. The quantitative estimate of drug-likeness (QED) is 0.775. The molecule has 0 saturated carbocycles. The lowest BCUT2D eigenvalue weighted by Gasteiger charge is -2.27. The van der Waals surface area contributed by atoms with E-state index >= 15 is 0 Å². The lowest BCUT2D eigenvalue weighted by molar-refractivity contribution is -0.150. The summed E-state index contributed by atoms with van der Waals surface area (Å²) in [5.74, 6) is 0.0773. The molecule has 30 heavy (non-hydrogen) atoms. The largest absolute Gasteiger partial charge is 0.463 e. The van der Waals surface area contributed by atoms with Crippen molar-refractivity contribution in [3.63, 3.8) is 0 Å². The summed E-state index contributed by atoms with van der Waals surface area (Å²) in [5, 5.41) is 7.22. The van der Waals surface area contributed by atoms with Crippen LogP contribution in [-0.4, -0.2) is 53.1 Å². The number of pyridine rings is 2. The SMILES string of the molecule is CCC1Oc2ncc(CN3CC=C(c4ccc(C(=O)NC)nc4)CO3)cc2NC1=O. The van der Waals surface area contributed by atoms with E-state index in [1.54, 1.807) is 25.5 Å². The first-order valence-electron chi connectivity index (χ1n) is 9.79. The van der Waals surface area contributed by atoms with Crippen molar-refractivity contribution >= 4 is 23.1 Å². The maximum Gasteiger partial charge on any atom is 0.269 e. The first-order chi connectivity index (χ1) is 14.6. The van der Waals surface area contributed by atoms with E-state index in [0.717, 1.165) is 16.7 Å². The number of carbonyl (C=O) groups is 2. The van der Waals surface area contributed by atoms with E-state index in [9.17, 15) is 9.59 Å². The molecule has 2 aromatic heterocycles. The van der Waals surface area contributed by atoms with E-state index in [1.807, 2.05) is 24.1 Å². The van der Waals surface area contributed by atoms with Crippen LogP contribution in [-0.2, 0) is 16.2 Å². The second kappa shape index (κ2) is 8.60. The van der Waals surface area contributed by atoms with Crippen molar-refractivity contribution in [1.82, 2.24) is 20.3 Å². The van der Waals surface area contributed by atoms with Crippen LogP contribution in [0.25, 0.3) is 5.57 Å². The van der Waals surface area contributed by atoms with E-state index < -0.39 is 6.10 Å². The highest BCUT2D eigenvalue weighted by atomic mass is 16.7. The second-order valence-electron chi connectivity index (χ2n) is 7.04. The summed E-state index contributed by atoms with van der Waals surface area (Å²) >= 11 is 0. The highest BCUT2D eigenvalue weighted by molar-refractivity contribution is 5.97.